The normalized spacial score (nSPS) is 11.2. The molecular formula is C13H8O5. The lowest BCUT2D eigenvalue weighted by atomic mass is 10.1. The molecule has 2 aromatic heterocycles. The first-order chi connectivity index (χ1) is 8.59. The molecule has 0 unspecified atom stereocenters. The Hall–Kier alpha value is -2.56. The molecule has 3 aromatic rings. The lowest BCUT2D eigenvalue weighted by Crippen LogP contribution is -2.01. The number of carbonyl (C=O) groups is 1. The van der Waals surface area contributed by atoms with Gasteiger partial charge in [0.1, 0.15) is 11.0 Å². The van der Waals surface area contributed by atoms with Crippen molar-refractivity contribution in [3.8, 4) is 0 Å². The molecule has 0 bridgehead atoms. The van der Waals surface area contributed by atoms with Crippen LogP contribution in [0.3, 0.4) is 0 Å². The highest BCUT2D eigenvalue weighted by Crippen LogP contribution is 2.28. The highest BCUT2D eigenvalue weighted by atomic mass is 16.4. The second-order valence-electron chi connectivity index (χ2n) is 3.95. The van der Waals surface area contributed by atoms with E-state index < -0.39 is 11.6 Å². The Balaban J connectivity index is 2.62. The molecule has 3 rings (SSSR count). The molecule has 0 atom stereocenters. The Morgan fingerprint density at radius 1 is 1.22 bits per heavy atom. The van der Waals surface area contributed by atoms with Crippen molar-refractivity contribution in [2.24, 2.45) is 0 Å². The van der Waals surface area contributed by atoms with Crippen LogP contribution < -0.4 is 5.63 Å². The minimum absolute atomic E-state index is 0.186. The lowest BCUT2D eigenvalue weighted by Gasteiger charge is -1.95. The van der Waals surface area contributed by atoms with Gasteiger partial charge in [0.15, 0.2) is 5.58 Å². The molecule has 2 heterocycles. The van der Waals surface area contributed by atoms with E-state index in [4.69, 9.17) is 13.9 Å². The molecule has 90 valence electrons. The molecule has 0 aliphatic carbocycles. The van der Waals surface area contributed by atoms with Gasteiger partial charge < -0.3 is 13.9 Å². The number of aryl methyl sites for hydroxylation is 1. The third kappa shape index (κ3) is 1.27. The van der Waals surface area contributed by atoms with Crippen molar-refractivity contribution in [3.63, 3.8) is 0 Å². The zero-order valence-corrected chi connectivity index (χ0v) is 9.39. The minimum Gasteiger partial charge on any atom is -0.475 e. The molecule has 1 aromatic carbocycles. The van der Waals surface area contributed by atoms with Crippen molar-refractivity contribution in [1.29, 1.82) is 0 Å². The predicted octanol–water partition coefficient (Wildman–Crippen LogP) is 2.55. The van der Waals surface area contributed by atoms with Crippen LogP contribution in [0.1, 0.15) is 16.1 Å². The number of aromatic carboxylic acids is 1. The maximum atomic E-state index is 11.8. The van der Waals surface area contributed by atoms with E-state index >= 15 is 0 Å². The number of carboxylic acids is 1. The summed E-state index contributed by atoms with van der Waals surface area (Å²) in [5.74, 6) is -1.43. The summed E-state index contributed by atoms with van der Waals surface area (Å²) in [6, 6.07) is 6.84. The van der Waals surface area contributed by atoms with Crippen LogP contribution in [-0.4, -0.2) is 11.1 Å². The number of benzene rings is 1. The van der Waals surface area contributed by atoms with Gasteiger partial charge in [0.05, 0.1) is 5.39 Å². The average molecular weight is 244 g/mol. The molecule has 5 heteroatoms. The second kappa shape index (κ2) is 3.46. The molecule has 18 heavy (non-hydrogen) atoms. The van der Waals surface area contributed by atoms with Crippen LogP contribution in [0.2, 0.25) is 0 Å². The highest BCUT2D eigenvalue weighted by Gasteiger charge is 2.21. The van der Waals surface area contributed by atoms with Crippen molar-refractivity contribution < 1.29 is 18.7 Å². The summed E-state index contributed by atoms with van der Waals surface area (Å²) in [5, 5.41) is 9.78. The average Bonchev–Trinajstić information content (AvgIpc) is 2.68. The van der Waals surface area contributed by atoms with Crippen molar-refractivity contribution in [3.05, 3.63) is 46.0 Å². The van der Waals surface area contributed by atoms with Crippen LogP contribution >= 0.6 is 0 Å². The van der Waals surface area contributed by atoms with Gasteiger partial charge in [0.25, 0.3) is 0 Å². The summed E-state index contributed by atoms with van der Waals surface area (Å²) >= 11 is 0. The fraction of sp³-hybridized carbons (Fsp3) is 0.0769. The Kier molecular flexibility index (Phi) is 2.04. The molecule has 0 aliphatic heterocycles. The van der Waals surface area contributed by atoms with E-state index in [-0.39, 0.29) is 22.3 Å². The van der Waals surface area contributed by atoms with E-state index in [2.05, 4.69) is 0 Å². The molecule has 0 amide bonds. The topological polar surface area (TPSA) is 80.6 Å². The van der Waals surface area contributed by atoms with Crippen LogP contribution in [0, 0.1) is 6.92 Å². The zero-order chi connectivity index (χ0) is 12.9. The van der Waals surface area contributed by atoms with Gasteiger partial charge in [-0.1, -0.05) is 12.1 Å². The molecule has 0 aliphatic rings. The summed E-state index contributed by atoms with van der Waals surface area (Å²) in [5.41, 5.74) is 0.340. The standard InChI is InChI=1S/C13H8O5/c1-6-9-11(18-10(6)12(14)15)7-4-2-3-5-8(7)17-13(9)16/h2-5H,1H3,(H,14,15). The first kappa shape index (κ1) is 10.6. The van der Waals surface area contributed by atoms with Crippen molar-refractivity contribution in [2.75, 3.05) is 0 Å². The Bertz CT molecular complexity index is 838. The molecule has 0 saturated carbocycles. The van der Waals surface area contributed by atoms with Crippen LogP contribution in [0.5, 0.6) is 0 Å². The van der Waals surface area contributed by atoms with Gasteiger partial charge in [-0.3, -0.25) is 0 Å². The molecule has 0 saturated heterocycles. The van der Waals surface area contributed by atoms with Gasteiger partial charge in [-0.05, 0) is 19.1 Å². The minimum atomic E-state index is -1.20. The van der Waals surface area contributed by atoms with Gasteiger partial charge in [-0.15, -0.1) is 0 Å². The summed E-state index contributed by atoms with van der Waals surface area (Å²) in [7, 11) is 0. The van der Waals surface area contributed by atoms with Gasteiger partial charge in [0, 0.05) is 5.56 Å². The van der Waals surface area contributed by atoms with Crippen LogP contribution in [0.25, 0.3) is 21.9 Å². The monoisotopic (exact) mass is 244 g/mol. The van der Waals surface area contributed by atoms with Gasteiger partial charge in [-0.2, -0.15) is 0 Å². The smallest absolute Gasteiger partial charge is 0.372 e. The third-order valence-electron chi connectivity index (χ3n) is 2.88. The Morgan fingerprint density at radius 2 is 1.94 bits per heavy atom. The highest BCUT2D eigenvalue weighted by molar-refractivity contribution is 6.05. The number of fused-ring (bicyclic) bond motifs is 3. The number of hydrogen-bond acceptors (Lipinski definition) is 4. The number of carboxylic acid groups (broad SMARTS) is 1. The summed E-state index contributed by atoms with van der Waals surface area (Å²) < 4.78 is 10.4. The zero-order valence-electron chi connectivity index (χ0n) is 9.39. The maximum absolute atomic E-state index is 11.8. The summed E-state index contributed by atoms with van der Waals surface area (Å²) in [4.78, 5) is 22.8. The van der Waals surface area contributed by atoms with Crippen LogP contribution in [-0.2, 0) is 0 Å². The first-order valence-corrected chi connectivity index (χ1v) is 5.28. The quantitative estimate of drug-likeness (QED) is 0.665. The van der Waals surface area contributed by atoms with Crippen LogP contribution in [0.15, 0.2) is 37.9 Å². The van der Waals surface area contributed by atoms with Gasteiger partial charge in [-0.25, -0.2) is 9.59 Å². The number of para-hydroxylation sites is 1. The van der Waals surface area contributed by atoms with E-state index in [1.54, 1.807) is 24.3 Å². The van der Waals surface area contributed by atoms with E-state index in [1.807, 2.05) is 0 Å². The van der Waals surface area contributed by atoms with Crippen molar-refractivity contribution in [1.82, 2.24) is 0 Å². The summed E-state index contributed by atoms with van der Waals surface area (Å²) in [6.07, 6.45) is 0. The maximum Gasteiger partial charge on any atom is 0.372 e. The number of hydrogen-bond donors (Lipinski definition) is 1. The van der Waals surface area contributed by atoms with Crippen LogP contribution in [0.4, 0.5) is 0 Å². The number of furan rings is 1. The van der Waals surface area contributed by atoms with E-state index in [0.29, 0.717) is 11.0 Å². The summed E-state index contributed by atoms with van der Waals surface area (Å²) in [6.45, 7) is 1.53. The largest absolute Gasteiger partial charge is 0.475 e. The first-order valence-electron chi connectivity index (χ1n) is 5.28. The van der Waals surface area contributed by atoms with Crippen molar-refractivity contribution >= 4 is 27.9 Å². The molecule has 0 fully saturated rings. The SMILES string of the molecule is Cc1c(C(=O)O)oc2c1c(=O)oc1ccccc12. The third-order valence-corrected chi connectivity index (χ3v) is 2.88. The number of rotatable bonds is 1. The molecule has 5 nitrogen and oxygen atoms in total. The van der Waals surface area contributed by atoms with Crippen molar-refractivity contribution in [2.45, 2.75) is 6.92 Å². The molecule has 1 N–H and O–H groups in total. The van der Waals surface area contributed by atoms with Gasteiger partial charge >= 0.3 is 11.6 Å². The van der Waals surface area contributed by atoms with E-state index in [9.17, 15) is 9.59 Å². The second-order valence-corrected chi connectivity index (χ2v) is 3.95. The van der Waals surface area contributed by atoms with E-state index in [1.165, 1.54) is 6.92 Å². The Morgan fingerprint density at radius 3 is 2.67 bits per heavy atom. The molecule has 0 radical (unpaired) electrons. The fourth-order valence-corrected chi connectivity index (χ4v) is 2.05. The van der Waals surface area contributed by atoms with Gasteiger partial charge in [0.2, 0.25) is 5.76 Å². The predicted molar refractivity (Wildman–Crippen MR) is 64.0 cm³/mol. The molecule has 0 spiro atoms. The fourth-order valence-electron chi connectivity index (χ4n) is 2.05. The lowest BCUT2D eigenvalue weighted by molar-refractivity contribution is 0.0664. The molecular weight excluding hydrogens is 236 g/mol. The Labute approximate surface area is 100 Å². The van der Waals surface area contributed by atoms with E-state index in [0.717, 1.165) is 0 Å².